The van der Waals surface area contributed by atoms with E-state index in [1.807, 2.05) is 58.0 Å². The standard InChI is InChI=1S/C21H24N4O2.2ClH/c26-14-13-25-19-8-2-1-7-18(19)23-20(25)16-5-3-6-17(15-16)21(27)24-11-4-9-22-10-12-24;;/h1-3,5-8,15,22,26H,4,9-14H2;2*1H. The second-order valence-corrected chi connectivity index (χ2v) is 6.78. The summed E-state index contributed by atoms with van der Waals surface area (Å²) in [5, 5.41) is 12.8. The van der Waals surface area contributed by atoms with E-state index in [1.165, 1.54) is 0 Å². The van der Waals surface area contributed by atoms with Crippen LogP contribution in [0.25, 0.3) is 22.4 Å². The van der Waals surface area contributed by atoms with Gasteiger partial charge in [-0.1, -0.05) is 24.3 Å². The van der Waals surface area contributed by atoms with E-state index in [0.717, 1.165) is 55.0 Å². The van der Waals surface area contributed by atoms with Crippen LogP contribution in [0.1, 0.15) is 16.8 Å². The fourth-order valence-electron chi connectivity index (χ4n) is 3.64. The molecule has 2 N–H and O–H groups in total. The summed E-state index contributed by atoms with van der Waals surface area (Å²) in [5.74, 6) is 0.836. The fourth-order valence-corrected chi connectivity index (χ4v) is 3.64. The molecular weight excluding hydrogens is 411 g/mol. The number of benzene rings is 2. The number of aliphatic hydroxyl groups excluding tert-OH is 1. The van der Waals surface area contributed by atoms with Crippen molar-refractivity contribution in [2.24, 2.45) is 0 Å². The van der Waals surface area contributed by atoms with Crippen molar-refractivity contribution in [3.63, 3.8) is 0 Å². The number of rotatable bonds is 4. The molecular formula is C21H26Cl2N4O2. The second kappa shape index (κ2) is 10.6. The zero-order valence-corrected chi connectivity index (χ0v) is 17.7. The lowest BCUT2D eigenvalue weighted by Crippen LogP contribution is -2.34. The Bertz CT molecular complexity index is 953. The van der Waals surface area contributed by atoms with E-state index in [0.29, 0.717) is 12.1 Å². The normalized spacial score (nSPS) is 14.0. The van der Waals surface area contributed by atoms with Crippen LogP contribution in [-0.2, 0) is 6.54 Å². The topological polar surface area (TPSA) is 70.4 Å². The van der Waals surface area contributed by atoms with Crippen molar-refractivity contribution in [3.05, 3.63) is 54.1 Å². The van der Waals surface area contributed by atoms with Gasteiger partial charge in [0.1, 0.15) is 5.82 Å². The maximum atomic E-state index is 12.9. The first-order chi connectivity index (χ1) is 13.3. The van der Waals surface area contributed by atoms with Gasteiger partial charge in [-0.25, -0.2) is 4.98 Å². The minimum Gasteiger partial charge on any atom is -0.395 e. The molecule has 1 aliphatic rings. The average molecular weight is 437 g/mol. The molecule has 1 aromatic heterocycles. The molecule has 4 rings (SSSR count). The molecule has 0 aliphatic carbocycles. The lowest BCUT2D eigenvalue weighted by atomic mass is 10.1. The third-order valence-electron chi connectivity index (χ3n) is 4.97. The van der Waals surface area contributed by atoms with Crippen LogP contribution < -0.4 is 5.32 Å². The third-order valence-corrected chi connectivity index (χ3v) is 4.97. The van der Waals surface area contributed by atoms with E-state index in [1.54, 1.807) is 0 Å². The number of fused-ring (bicyclic) bond motifs is 1. The van der Waals surface area contributed by atoms with Crippen molar-refractivity contribution in [1.29, 1.82) is 0 Å². The molecule has 0 atom stereocenters. The Labute approximate surface area is 182 Å². The number of amides is 1. The van der Waals surface area contributed by atoms with E-state index in [4.69, 9.17) is 4.98 Å². The molecule has 1 aliphatic heterocycles. The highest BCUT2D eigenvalue weighted by molar-refractivity contribution is 5.95. The zero-order valence-electron chi connectivity index (χ0n) is 16.1. The van der Waals surface area contributed by atoms with Gasteiger partial charge in [-0.15, -0.1) is 24.8 Å². The van der Waals surface area contributed by atoms with Crippen LogP contribution in [0, 0.1) is 0 Å². The van der Waals surface area contributed by atoms with E-state index >= 15 is 0 Å². The first-order valence-electron chi connectivity index (χ1n) is 9.44. The van der Waals surface area contributed by atoms with Crippen LogP contribution in [0.5, 0.6) is 0 Å². The maximum absolute atomic E-state index is 12.9. The van der Waals surface area contributed by atoms with E-state index in [2.05, 4.69) is 5.32 Å². The molecule has 0 unspecified atom stereocenters. The van der Waals surface area contributed by atoms with Gasteiger partial charge >= 0.3 is 0 Å². The van der Waals surface area contributed by atoms with Crippen LogP contribution in [-0.4, -0.2) is 58.3 Å². The summed E-state index contributed by atoms with van der Waals surface area (Å²) in [5.41, 5.74) is 3.43. The molecule has 2 heterocycles. The Hall–Kier alpha value is -2.12. The largest absolute Gasteiger partial charge is 0.395 e. The summed E-state index contributed by atoms with van der Waals surface area (Å²) in [6, 6.07) is 15.5. The summed E-state index contributed by atoms with van der Waals surface area (Å²) >= 11 is 0. The van der Waals surface area contributed by atoms with Gasteiger partial charge in [-0.3, -0.25) is 4.79 Å². The average Bonchev–Trinajstić information content (AvgIpc) is 2.88. The first-order valence-corrected chi connectivity index (χ1v) is 9.44. The number of hydrogen-bond donors (Lipinski definition) is 2. The molecule has 1 fully saturated rings. The van der Waals surface area contributed by atoms with Crippen LogP contribution in [0.2, 0.25) is 0 Å². The predicted octanol–water partition coefficient (Wildman–Crippen LogP) is 2.97. The lowest BCUT2D eigenvalue weighted by Gasteiger charge is -2.20. The number of carbonyl (C=O) groups excluding carboxylic acids is 1. The Morgan fingerprint density at radius 3 is 2.72 bits per heavy atom. The number of nitrogens with one attached hydrogen (secondary N) is 1. The smallest absolute Gasteiger partial charge is 0.253 e. The van der Waals surface area contributed by atoms with Gasteiger partial charge in [0.15, 0.2) is 0 Å². The van der Waals surface area contributed by atoms with Gasteiger partial charge in [0, 0.05) is 37.3 Å². The molecule has 0 spiro atoms. The maximum Gasteiger partial charge on any atom is 0.253 e. The van der Waals surface area contributed by atoms with E-state index < -0.39 is 0 Å². The molecule has 1 saturated heterocycles. The molecule has 156 valence electrons. The van der Waals surface area contributed by atoms with Crippen LogP contribution >= 0.6 is 24.8 Å². The Balaban J connectivity index is 0.00000150. The van der Waals surface area contributed by atoms with Gasteiger partial charge in [0.2, 0.25) is 0 Å². The Morgan fingerprint density at radius 2 is 1.90 bits per heavy atom. The van der Waals surface area contributed by atoms with Crippen molar-refractivity contribution >= 4 is 41.8 Å². The van der Waals surface area contributed by atoms with Crippen molar-refractivity contribution in [3.8, 4) is 11.4 Å². The second-order valence-electron chi connectivity index (χ2n) is 6.78. The monoisotopic (exact) mass is 436 g/mol. The molecule has 0 saturated carbocycles. The number of hydrogen-bond acceptors (Lipinski definition) is 4. The van der Waals surface area contributed by atoms with Crippen LogP contribution in [0.3, 0.4) is 0 Å². The number of aromatic nitrogens is 2. The SMILES string of the molecule is Cl.Cl.O=C(c1cccc(-c2nc3ccccc3n2CCO)c1)N1CCCNCC1. The number of imidazole rings is 1. The summed E-state index contributed by atoms with van der Waals surface area (Å²) in [6.07, 6.45) is 0.970. The highest BCUT2D eigenvalue weighted by atomic mass is 35.5. The molecule has 29 heavy (non-hydrogen) atoms. The minimum absolute atomic E-state index is 0. The third kappa shape index (κ3) is 4.90. The summed E-state index contributed by atoms with van der Waals surface area (Å²) in [4.78, 5) is 19.6. The van der Waals surface area contributed by atoms with Crippen LogP contribution in [0.4, 0.5) is 0 Å². The molecule has 0 bridgehead atoms. The van der Waals surface area contributed by atoms with Gasteiger partial charge < -0.3 is 19.9 Å². The first kappa shape index (κ1) is 23.2. The highest BCUT2D eigenvalue weighted by Crippen LogP contribution is 2.26. The summed E-state index contributed by atoms with van der Waals surface area (Å²) in [7, 11) is 0. The number of nitrogens with zero attached hydrogens (tertiary/aromatic N) is 3. The molecule has 1 amide bonds. The number of halogens is 2. The quantitative estimate of drug-likeness (QED) is 0.659. The van der Waals surface area contributed by atoms with Crippen LogP contribution in [0.15, 0.2) is 48.5 Å². The molecule has 8 heteroatoms. The zero-order chi connectivity index (χ0) is 18.6. The van der Waals surface area contributed by atoms with Crippen molar-refractivity contribution in [2.45, 2.75) is 13.0 Å². The van der Waals surface area contributed by atoms with Gasteiger partial charge in [0.05, 0.1) is 17.6 Å². The lowest BCUT2D eigenvalue weighted by molar-refractivity contribution is 0.0766. The van der Waals surface area contributed by atoms with E-state index in [-0.39, 0.29) is 37.3 Å². The fraction of sp³-hybridized carbons (Fsp3) is 0.333. The Kier molecular flexibility index (Phi) is 8.46. The highest BCUT2D eigenvalue weighted by Gasteiger charge is 2.19. The minimum atomic E-state index is 0. The molecule has 3 aromatic rings. The van der Waals surface area contributed by atoms with Gasteiger partial charge in [-0.2, -0.15) is 0 Å². The van der Waals surface area contributed by atoms with Crippen molar-refractivity contribution in [2.75, 3.05) is 32.8 Å². The van der Waals surface area contributed by atoms with Gasteiger partial charge in [-0.05, 0) is 37.2 Å². The molecule has 2 aromatic carbocycles. The van der Waals surface area contributed by atoms with Crippen molar-refractivity contribution < 1.29 is 9.90 Å². The summed E-state index contributed by atoms with van der Waals surface area (Å²) in [6.45, 7) is 3.79. The van der Waals surface area contributed by atoms with Crippen molar-refractivity contribution in [1.82, 2.24) is 19.8 Å². The van der Waals surface area contributed by atoms with E-state index in [9.17, 15) is 9.90 Å². The Morgan fingerprint density at radius 1 is 1.07 bits per heavy atom. The molecule has 0 radical (unpaired) electrons. The predicted molar refractivity (Wildman–Crippen MR) is 120 cm³/mol. The number of aliphatic hydroxyl groups is 1. The number of para-hydroxylation sites is 2. The van der Waals surface area contributed by atoms with Gasteiger partial charge in [0.25, 0.3) is 5.91 Å². The molecule has 6 nitrogen and oxygen atoms in total. The summed E-state index contributed by atoms with van der Waals surface area (Å²) < 4.78 is 2.01. The number of carbonyl (C=O) groups is 1.